The normalized spacial score (nSPS) is 10.2. The second kappa shape index (κ2) is 5.46. The maximum absolute atomic E-state index is 10.6. The molecule has 0 spiro atoms. The molecule has 0 atom stereocenters. The third-order valence-corrected chi connectivity index (χ3v) is 2.33. The van der Waals surface area contributed by atoms with Crippen LogP contribution in [0.4, 0.5) is 17.3 Å². The van der Waals surface area contributed by atoms with E-state index in [1.54, 1.807) is 12.1 Å². The van der Waals surface area contributed by atoms with E-state index in [0.717, 1.165) is 18.2 Å². The van der Waals surface area contributed by atoms with Gasteiger partial charge in [0.2, 0.25) is 5.95 Å². The van der Waals surface area contributed by atoms with Gasteiger partial charge in [-0.25, -0.2) is 0 Å². The molecular weight excluding hydrogens is 278 g/mol. The third kappa shape index (κ3) is 2.80. The highest BCUT2D eigenvalue weighted by atomic mass is 16.6. The molecule has 1 heterocycles. The van der Waals surface area contributed by atoms with Gasteiger partial charge >= 0.3 is 0 Å². The molecule has 0 saturated carbocycles. The van der Waals surface area contributed by atoms with E-state index in [4.69, 9.17) is 10.5 Å². The minimum Gasteiger partial charge on any atom is -0.506 e. The summed E-state index contributed by atoms with van der Waals surface area (Å²) in [5, 5.41) is 44.8. The Morgan fingerprint density at radius 1 is 1.33 bits per heavy atom. The summed E-state index contributed by atoms with van der Waals surface area (Å²) in [6.45, 7) is 0. The molecule has 0 unspecified atom stereocenters. The number of phenolic OH excluding ortho intramolecular Hbond substituents is 1. The van der Waals surface area contributed by atoms with E-state index in [2.05, 4.69) is 20.2 Å². The van der Waals surface area contributed by atoms with E-state index in [-0.39, 0.29) is 34.5 Å². The number of aromatic nitrogens is 2. The largest absolute Gasteiger partial charge is 0.506 e. The Morgan fingerprint density at radius 2 is 2.10 bits per heavy atom. The average molecular weight is 283 g/mol. The van der Waals surface area contributed by atoms with Crippen molar-refractivity contribution in [2.75, 3.05) is 0 Å². The number of imidazole rings is 1. The van der Waals surface area contributed by atoms with Crippen LogP contribution in [0.2, 0.25) is 0 Å². The standard InChI is InChI=1S/C11H5N7O3/c12-4-8-9(5-13)15-11(14-8)17-16-7-3-6(18(20)21)1-2-10(7)19/h1-3,19H,(H,14,15). The lowest BCUT2D eigenvalue weighted by Crippen LogP contribution is -1.86. The number of nitro benzene ring substituents is 1. The van der Waals surface area contributed by atoms with Crippen LogP contribution in [-0.4, -0.2) is 20.0 Å². The minimum absolute atomic E-state index is 0.0743. The SMILES string of the molecule is N#Cc1nc(N=Nc2cc([N+](=O)[O-])ccc2O)[nH]c1C#N. The molecule has 21 heavy (non-hydrogen) atoms. The Morgan fingerprint density at radius 3 is 2.67 bits per heavy atom. The van der Waals surface area contributed by atoms with Crippen molar-refractivity contribution in [3.05, 3.63) is 39.7 Å². The molecule has 0 amide bonds. The van der Waals surface area contributed by atoms with Crippen LogP contribution in [-0.2, 0) is 0 Å². The highest BCUT2D eigenvalue weighted by molar-refractivity contribution is 5.56. The number of rotatable bonds is 3. The quantitative estimate of drug-likeness (QED) is 0.497. The fourth-order valence-corrected chi connectivity index (χ4v) is 1.38. The van der Waals surface area contributed by atoms with Crippen LogP contribution in [0.15, 0.2) is 28.4 Å². The molecule has 0 aliphatic heterocycles. The van der Waals surface area contributed by atoms with Gasteiger partial charge < -0.3 is 10.1 Å². The van der Waals surface area contributed by atoms with Crippen molar-refractivity contribution in [1.82, 2.24) is 9.97 Å². The molecule has 0 bridgehead atoms. The molecule has 10 nitrogen and oxygen atoms in total. The number of nitrogens with one attached hydrogen (secondary N) is 1. The Hall–Kier alpha value is -3.79. The van der Waals surface area contributed by atoms with E-state index in [1.807, 2.05) is 0 Å². The Labute approximate surface area is 116 Å². The van der Waals surface area contributed by atoms with E-state index in [9.17, 15) is 15.2 Å². The van der Waals surface area contributed by atoms with Gasteiger partial charge in [0, 0.05) is 12.1 Å². The van der Waals surface area contributed by atoms with Crippen LogP contribution < -0.4 is 0 Å². The molecule has 0 radical (unpaired) electrons. The van der Waals surface area contributed by atoms with Crippen LogP contribution in [0.3, 0.4) is 0 Å². The van der Waals surface area contributed by atoms with Crippen LogP contribution in [0.1, 0.15) is 11.4 Å². The number of azo groups is 1. The molecule has 0 saturated heterocycles. The van der Waals surface area contributed by atoms with Gasteiger partial charge in [-0.2, -0.15) is 15.5 Å². The second-order valence-corrected chi connectivity index (χ2v) is 3.64. The van der Waals surface area contributed by atoms with Crippen LogP contribution in [0, 0.1) is 32.8 Å². The number of hydrogen-bond donors (Lipinski definition) is 2. The first-order chi connectivity index (χ1) is 10.0. The molecule has 1 aromatic heterocycles. The smallest absolute Gasteiger partial charge is 0.271 e. The maximum Gasteiger partial charge on any atom is 0.271 e. The van der Waals surface area contributed by atoms with Crippen molar-refractivity contribution in [1.29, 1.82) is 10.5 Å². The molecule has 0 aliphatic carbocycles. The summed E-state index contributed by atoms with van der Waals surface area (Å²) in [6.07, 6.45) is 0. The number of aromatic amines is 1. The number of nitriles is 2. The fourth-order valence-electron chi connectivity index (χ4n) is 1.38. The summed E-state index contributed by atoms with van der Waals surface area (Å²) in [5.74, 6) is -0.439. The number of nitro groups is 1. The molecule has 2 rings (SSSR count). The van der Waals surface area contributed by atoms with Gasteiger partial charge in [0.15, 0.2) is 11.4 Å². The number of benzene rings is 1. The number of phenols is 1. The Kier molecular flexibility index (Phi) is 3.54. The summed E-state index contributed by atoms with van der Waals surface area (Å²) in [6, 6.07) is 6.66. The summed E-state index contributed by atoms with van der Waals surface area (Å²) in [5.41, 5.74) is -0.626. The van der Waals surface area contributed by atoms with Crippen molar-refractivity contribution >= 4 is 17.3 Å². The molecule has 10 heteroatoms. The van der Waals surface area contributed by atoms with Gasteiger partial charge in [0.25, 0.3) is 5.69 Å². The van der Waals surface area contributed by atoms with Crippen molar-refractivity contribution in [2.24, 2.45) is 10.2 Å². The second-order valence-electron chi connectivity index (χ2n) is 3.64. The van der Waals surface area contributed by atoms with Gasteiger partial charge in [0.1, 0.15) is 23.6 Å². The zero-order valence-corrected chi connectivity index (χ0v) is 10.2. The summed E-state index contributed by atoms with van der Waals surface area (Å²) in [7, 11) is 0. The molecule has 2 N–H and O–H groups in total. The molecule has 1 aromatic carbocycles. The lowest BCUT2D eigenvalue weighted by Gasteiger charge is -1.96. The summed E-state index contributed by atoms with van der Waals surface area (Å²) < 4.78 is 0. The number of H-pyrrole nitrogens is 1. The first-order valence-electron chi connectivity index (χ1n) is 5.34. The van der Waals surface area contributed by atoms with E-state index in [1.165, 1.54) is 0 Å². The number of hydrogen-bond acceptors (Lipinski definition) is 8. The maximum atomic E-state index is 10.6. The van der Waals surface area contributed by atoms with Gasteiger partial charge in [-0.15, -0.1) is 10.2 Å². The zero-order valence-electron chi connectivity index (χ0n) is 10.2. The number of nitrogens with zero attached hydrogens (tertiary/aromatic N) is 6. The fraction of sp³-hybridized carbons (Fsp3) is 0. The lowest BCUT2D eigenvalue weighted by atomic mass is 10.2. The number of non-ortho nitro benzene ring substituents is 1. The van der Waals surface area contributed by atoms with Gasteiger partial charge in [0.05, 0.1) is 4.92 Å². The van der Waals surface area contributed by atoms with Gasteiger partial charge in [-0.3, -0.25) is 10.1 Å². The highest BCUT2D eigenvalue weighted by Crippen LogP contribution is 2.31. The Bertz CT molecular complexity index is 794. The van der Waals surface area contributed by atoms with Gasteiger partial charge in [-0.1, -0.05) is 0 Å². The lowest BCUT2D eigenvalue weighted by molar-refractivity contribution is -0.384. The molecule has 2 aromatic rings. The monoisotopic (exact) mass is 283 g/mol. The third-order valence-electron chi connectivity index (χ3n) is 2.33. The topological polar surface area (TPSA) is 164 Å². The van der Waals surface area contributed by atoms with Crippen molar-refractivity contribution < 1.29 is 10.0 Å². The van der Waals surface area contributed by atoms with E-state index < -0.39 is 4.92 Å². The van der Waals surface area contributed by atoms with Crippen molar-refractivity contribution in [2.45, 2.75) is 0 Å². The first-order valence-corrected chi connectivity index (χ1v) is 5.34. The van der Waals surface area contributed by atoms with E-state index in [0.29, 0.717) is 0 Å². The van der Waals surface area contributed by atoms with Crippen LogP contribution in [0.25, 0.3) is 0 Å². The minimum atomic E-state index is -0.646. The number of aromatic hydroxyl groups is 1. The van der Waals surface area contributed by atoms with Crippen molar-refractivity contribution in [3.63, 3.8) is 0 Å². The molecule has 102 valence electrons. The van der Waals surface area contributed by atoms with E-state index >= 15 is 0 Å². The molecule has 0 aliphatic rings. The Balaban J connectivity index is 2.36. The summed E-state index contributed by atoms with van der Waals surface area (Å²) >= 11 is 0. The first kappa shape index (κ1) is 13.6. The van der Waals surface area contributed by atoms with Crippen molar-refractivity contribution in [3.8, 4) is 17.9 Å². The zero-order chi connectivity index (χ0) is 15.4. The molecular formula is C11H5N7O3. The highest BCUT2D eigenvalue weighted by Gasteiger charge is 2.11. The van der Waals surface area contributed by atoms with Crippen LogP contribution >= 0.6 is 0 Å². The molecule has 0 fully saturated rings. The average Bonchev–Trinajstić information content (AvgIpc) is 2.88. The predicted octanol–water partition coefficient (Wildman–Crippen LogP) is 2.18. The van der Waals surface area contributed by atoms with Gasteiger partial charge in [-0.05, 0) is 6.07 Å². The predicted molar refractivity (Wildman–Crippen MR) is 67.0 cm³/mol. The summed E-state index contributed by atoms with van der Waals surface area (Å²) in [4.78, 5) is 16.1. The van der Waals surface area contributed by atoms with Crippen LogP contribution in [0.5, 0.6) is 5.75 Å².